The highest BCUT2D eigenvalue weighted by Gasteiger charge is 2.32. The van der Waals surface area contributed by atoms with Gasteiger partial charge in [-0.3, -0.25) is 0 Å². The van der Waals surface area contributed by atoms with Gasteiger partial charge in [0, 0.05) is 34.1 Å². The molecule has 1 aromatic heterocycles. The summed E-state index contributed by atoms with van der Waals surface area (Å²) in [6.07, 6.45) is 0. The number of fused-ring (bicyclic) bond motifs is 5. The number of hydrogen-bond acceptors (Lipinski definition) is 8. The van der Waals surface area contributed by atoms with Crippen LogP contribution in [0.3, 0.4) is 0 Å². The van der Waals surface area contributed by atoms with Crippen LogP contribution in [0.2, 0.25) is 0 Å². The van der Waals surface area contributed by atoms with Gasteiger partial charge in [-0.1, -0.05) is 41.6 Å². The van der Waals surface area contributed by atoms with E-state index in [1.165, 1.54) is 0 Å². The number of methoxy groups -OCH3 is 3. The molecule has 1 N–H and O–H groups in total. The molecule has 0 saturated heterocycles. The van der Waals surface area contributed by atoms with Gasteiger partial charge in [0.2, 0.25) is 0 Å². The maximum absolute atomic E-state index is 6.06. The number of nitrogens with zero attached hydrogens (tertiary/aromatic N) is 2. The fraction of sp³-hybridized carbons (Fsp3) is 0.250. The highest BCUT2D eigenvalue weighted by molar-refractivity contribution is 6.30. The molecule has 0 saturated carbocycles. The van der Waals surface area contributed by atoms with Crippen molar-refractivity contribution in [3.8, 4) is 40.0 Å². The zero-order chi connectivity index (χ0) is 31.3. The first-order valence-electron chi connectivity index (χ1n) is 14.7. The fourth-order valence-electron chi connectivity index (χ4n) is 5.39. The fourth-order valence-corrected chi connectivity index (χ4v) is 5.39. The second-order valence-corrected chi connectivity index (χ2v) is 11.0. The van der Waals surface area contributed by atoms with Crippen molar-refractivity contribution < 1.29 is 28.5 Å². The van der Waals surface area contributed by atoms with Gasteiger partial charge >= 0.3 is 0 Å². The average molecular weight is 644 g/mol. The van der Waals surface area contributed by atoms with Crippen LogP contribution < -0.4 is 23.7 Å². The first kappa shape index (κ1) is 32.5. The Bertz CT molecular complexity index is 1840. The van der Waals surface area contributed by atoms with E-state index in [1.54, 1.807) is 21.3 Å². The van der Waals surface area contributed by atoms with Gasteiger partial charge in [-0.15, -0.1) is 12.4 Å². The van der Waals surface area contributed by atoms with Crippen LogP contribution in [0, 0.1) is 0 Å². The highest BCUT2D eigenvalue weighted by Crippen LogP contribution is 2.46. The quantitative estimate of drug-likeness (QED) is 0.135. The van der Waals surface area contributed by atoms with E-state index >= 15 is 0 Å². The minimum Gasteiger partial charge on any atom is -0.493 e. The van der Waals surface area contributed by atoms with Gasteiger partial charge in [0.15, 0.2) is 23.0 Å². The van der Waals surface area contributed by atoms with Gasteiger partial charge in [-0.05, 0) is 67.7 Å². The van der Waals surface area contributed by atoms with Gasteiger partial charge in [0.25, 0.3) is 0 Å². The van der Waals surface area contributed by atoms with Gasteiger partial charge in [0.1, 0.15) is 31.3 Å². The summed E-state index contributed by atoms with van der Waals surface area (Å²) in [6, 6.07) is 25.7. The molecule has 10 heteroatoms. The van der Waals surface area contributed by atoms with E-state index in [2.05, 4.69) is 16.0 Å². The predicted octanol–water partition coefficient (Wildman–Crippen LogP) is 7.08. The normalized spacial score (nSPS) is 12.4. The lowest BCUT2D eigenvalue weighted by atomic mass is 10.1. The summed E-state index contributed by atoms with van der Waals surface area (Å²) >= 11 is 0. The molecule has 46 heavy (non-hydrogen) atoms. The lowest BCUT2D eigenvalue weighted by molar-refractivity contribution is 0.130. The summed E-state index contributed by atoms with van der Waals surface area (Å²) < 4.78 is 29.0. The van der Waals surface area contributed by atoms with Crippen LogP contribution >= 0.6 is 12.4 Å². The summed E-state index contributed by atoms with van der Waals surface area (Å²) in [5.41, 5.74) is 7.37. The van der Waals surface area contributed by atoms with E-state index in [4.69, 9.17) is 33.7 Å². The smallest absolute Gasteiger partial charge is 0.161 e. The number of likely N-dealkylation sites (N-methyl/N-ethyl adjacent to an activating group) is 1. The number of ether oxygens (including phenoxy) is 5. The number of aromatic nitrogens is 1. The molecule has 0 spiro atoms. The van der Waals surface area contributed by atoms with Crippen molar-refractivity contribution in [1.29, 1.82) is 0 Å². The minimum absolute atomic E-state index is 0. The summed E-state index contributed by atoms with van der Waals surface area (Å²) in [5.74, 6) is 3.33. The Morgan fingerprint density at radius 1 is 0.696 bits per heavy atom. The Morgan fingerprint density at radius 2 is 1.41 bits per heavy atom. The molecule has 0 unspecified atom stereocenters. The van der Waals surface area contributed by atoms with Crippen LogP contribution in [0.15, 0.2) is 84.0 Å². The molecule has 0 bridgehead atoms. The molecule has 4 aromatic carbocycles. The summed E-state index contributed by atoms with van der Waals surface area (Å²) in [4.78, 5) is 11.7. The molecular weight excluding hydrogens is 606 g/mol. The van der Waals surface area contributed by atoms with E-state index in [0.717, 1.165) is 56.7 Å². The third-order valence-corrected chi connectivity index (χ3v) is 7.71. The van der Waals surface area contributed by atoms with Crippen molar-refractivity contribution in [3.05, 3.63) is 101 Å². The first-order valence-corrected chi connectivity index (χ1v) is 14.7. The maximum atomic E-state index is 6.06. The first-order chi connectivity index (χ1) is 22.0. The summed E-state index contributed by atoms with van der Waals surface area (Å²) in [5, 5.41) is 5.70. The zero-order valence-corrected chi connectivity index (χ0v) is 27.4. The number of oxime groups is 1. The molecule has 0 fully saturated rings. The average Bonchev–Trinajstić information content (AvgIpc) is 3.57. The van der Waals surface area contributed by atoms with Crippen molar-refractivity contribution >= 4 is 29.0 Å². The summed E-state index contributed by atoms with van der Waals surface area (Å²) in [7, 11) is 8.94. The monoisotopic (exact) mass is 643 g/mol. The van der Waals surface area contributed by atoms with Crippen molar-refractivity contribution in [2.75, 3.05) is 48.6 Å². The standard InChI is InChI=1S/C36H37N3O6.ClH/c1-39(2)15-16-43-25-12-13-29-28(18-25)34-35(37-29)26-19-32(41-4)33(42-5)20-27(26)36(34)38-45-22-24-11-14-30(31(17-24)40-3)44-21-23-9-7-6-8-10-23;/h6-14,17-20,37H,15-16,21-22H2,1-5H3;1H/b38-36-;. The Morgan fingerprint density at radius 3 is 2.13 bits per heavy atom. The molecule has 240 valence electrons. The molecule has 9 nitrogen and oxygen atoms in total. The van der Waals surface area contributed by atoms with E-state index in [0.29, 0.717) is 41.9 Å². The van der Waals surface area contributed by atoms with Crippen molar-refractivity contribution in [2.45, 2.75) is 13.2 Å². The molecule has 1 aliphatic carbocycles. The molecule has 0 amide bonds. The van der Waals surface area contributed by atoms with E-state index in [-0.39, 0.29) is 19.0 Å². The third-order valence-electron chi connectivity index (χ3n) is 7.71. The van der Waals surface area contributed by atoms with Crippen molar-refractivity contribution in [3.63, 3.8) is 0 Å². The van der Waals surface area contributed by atoms with Gasteiger partial charge in [-0.25, -0.2) is 0 Å². The van der Waals surface area contributed by atoms with Crippen LogP contribution in [0.4, 0.5) is 0 Å². The highest BCUT2D eigenvalue weighted by atomic mass is 35.5. The molecule has 0 atom stereocenters. The van der Waals surface area contributed by atoms with Gasteiger partial charge in [-0.2, -0.15) is 0 Å². The molecule has 0 radical (unpaired) electrons. The van der Waals surface area contributed by atoms with Crippen LogP contribution in [0.25, 0.3) is 22.2 Å². The van der Waals surface area contributed by atoms with E-state index in [1.807, 2.05) is 86.9 Å². The minimum atomic E-state index is 0. The molecule has 1 aliphatic rings. The summed E-state index contributed by atoms with van der Waals surface area (Å²) in [6.45, 7) is 2.09. The number of benzene rings is 4. The largest absolute Gasteiger partial charge is 0.493 e. The molecule has 0 aliphatic heterocycles. The second kappa shape index (κ2) is 14.5. The molecule has 1 heterocycles. The Labute approximate surface area is 275 Å². The van der Waals surface area contributed by atoms with E-state index < -0.39 is 0 Å². The van der Waals surface area contributed by atoms with Crippen molar-refractivity contribution in [2.24, 2.45) is 5.16 Å². The Hall–Kier alpha value is -4.86. The maximum Gasteiger partial charge on any atom is 0.161 e. The lowest BCUT2D eigenvalue weighted by Crippen LogP contribution is -2.19. The number of hydrogen-bond donors (Lipinski definition) is 1. The molecule has 5 aromatic rings. The number of halogens is 1. The Balaban J connectivity index is 0.00000417. The molecule has 6 rings (SSSR count). The predicted molar refractivity (Wildman–Crippen MR) is 182 cm³/mol. The molecular formula is C36H38ClN3O6. The van der Waals surface area contributed by atoms with Crippen LogP contribution in [-0.2, 0) is 18.1 Å². The van der Waals surface area contributed by atoms with Crippen LogP contribution in [0.1, 0.15) is 22.3 Å². The van der Waals surface area contributed by atoms with Crippen LogP contribution in [0.5, 0.6) is 28.7 Å². The van der Waals surface area contributed by atoms with Crippen LogP contribution in [-0.4, -0.2) is 64.2 Å². The number of H-pyrrole nitrogens is 1. The van der Waals surface area contributed by atoms with Gasteiger partial charge < -0.3 is 38.4 Å². The zero-order valence-electron chi connectivity index (χ0n) is 26.6. The topological polar surface area (TPSA) is 86.8 Å². The lowest BCUT2D eigenvalue weighted by Gasteiger charge is -2.13. The van der Waals surface area contributed by atoms with Crippen molar-refractivity contribution in [1.82, 2.24) is 9.88 Å². The number of nitrogens with one attached hydrogen (secondary N) is 1. The number of aromatic amines is 1. The van der Waals surface area contributed by atoms with E-state index in [9.17, 15) is 0 Å². The number of rotatable bonds is 13. The SMILES string of the molecule is COc1cc2c(cc1OC)-c1[nH]c3ccc(OCCN(C)C)cc3c1/C2=N\OCc1ccc(OCc2ccccc2)c(OC)c1.Cl. The third kappa shape index (κ3) is 6.71. The second-order valence-electron chi connectivity index (χ2n) is 11.0. The van der Waals surface area contributed by atoms with Gasteiger partial charge in [0.05, 0.1) is 27.0 Å². The Kier molecular flexibility index (Phi) is 10.2.